The van der Waals surface area contributed by atoms with Gasteiger partial charge in [0.05, 0.1) is 0 Å². The number of nitrogens with one attached hydrogen (secondary N) is 1. The van der Waals surface area contributed by atoms with Crippen LogP contribution in [0.2, 0.25) is 0 Å². The van der Waals surface area contributed by atoms with Gasteiger partial charge in [-0.2, -0.15) is 0 Å². The van der Waals surface area contributed by atoms with Crippen molar-refractivity contribution >= 4 is 0 Å². The Morgan fingerprint density at radius 3 is 2.55 bits per heavy atom. The molecule has 1 aromatic carbocycles. The van der Waals surface area contributed by atoms with Crippen LogP contribution >= 0.6 is 0 Å². The van der Waals surface area contributed by atoms with E-state index in [1.807, 2.05) is 12.1 Å². The van der Waals surface area contributed by atoms with Crippen LogP contribution in [0.25, 0.3) is 0 Å². The van der Waals surface area contributed by atoms with E-state index >= 15 is 0 Å². The Labute approximate surface area is 122 Å². The average Bonchev–Trinajstić information content (AvgIpc) is 2.45. The minimum absolute atomic E-state index is 0.147. The van der Waals surface area contributed by atoms with Gasteiger partial charge >= 0.3 is 0 Å². The van der Waals surface area contributed by atoms with Gasteiger partial charge in [-0.3, -0.25) is 0 Å². The summed E-state index contributed by atoms with van der Waals surface area (Å²) >= 11 is 0. The molecular formula is C17H27FN2. The normalized spacial score (nSPS) is 24.2. The monoisotopic (exact) mass is 278 g/mol. The van der Waals surface area contributed by atoms with Crippen LogP contribution in [0.5, 0.6) is 0 Å². The Morgan fingerprint density at radius 1 is 1.25 bits per heavy atom. The summed E-state index contributed by atoms with van der Waals surface area (Å²) in [7, 11) is 0. The van der Waals surface area contributed by atoms with Gasteiger partial charge in [0.1, 0.15) is 5.82 Å². The average molecular weight is 278 g/mol. The van der Waals surface area contributed by atoms with Crippen molar-refractivity contribution in [1.29, 1.82) is 0 Å². The largest absolute Gasteiger partial charge is 0.312 e. The van der Waals surface area contributed by atoms with E-state index in [4.69, 9.17) is 0 Å². The highest BCUT2D eigenvalue weighted by Crippen LogP contribution is 2.27. The fraction of sp³-hybridized carbons (Fsp3) is 0.647. The lowest BCUT2D eigenvalue weighted by Gasteiger charge is -2.38. The summed E-state index contributed by atoms with van der Waals surface area (Å²) in [5, 5.41) is 3.68. The van der Waals surface area contributed by atoms with E-state index in [0.29, 0.717) is 17.9 Å². The van der Waals surface area contributed by atoms with Crippen molar-refractivity contribution in [3.8, 4) is 0 Å². The molecule has 2 rings (SSSR count). The van der Waals surface area contributed by atoms with Crippen molar-refractivity contribution in [2.45, 2.75) is 39.2 Å². The molecule has 0 bridgehead atoms. The van der Waals surface area contributed by atoms with E-state index in [9.17, 15) is 4.39 Å². The molecule has 1 heterocycles. The third-order valence-electron chi connectivity index (χ3n) is 4.13. The predicted molar refractivity (Wildman–Crippen MR) is 82.5 cm³/mol. The first-order valence-electron chi connectivity index (χ1n) is 7.79. The summed E-state index contributed by atoms with van der Waals surface area (Å²) in [6, 6.07) is 7.59. The maximum Gasteiger partial charge on any atom is 0.123 e. The number of hydrogen-bond donors (Lipinski definition) is 1. The Balaban J connectivity index is 2.02. The highest BCUT2D eigenvalue weighted by Gasteiger charge is 2.27. The standard InChI is InChI=1S/C17H27FN2/c1-4-20-11-15(14-5-7-16(18)8-6-14)9-17(12-20)19-10-13(2)3/h5-8,13,15,17,19H,4,9-12H2,1-3H3. The number of hydrogen-bond acceptors (Lipinski definition) is 2. The van der Waals surface area contributed by atoms with Crippen molar-refractivity contribution in [2.24, 2.45) is 5.92 Å². The number of likely N-dealkylation sites (tertiary alicyclic amines) is 1. The maximum absolute atomic E-state index is 13.1. The molecule has 0 aromatic heterocycles. The van der Waals surface area contributed by atoms with Crippen molar-refractivity contribution in [3.63, 3.8) is 0 Å². The molecule has 1 aliphatic rings. The molecule has 1 fully saturated rings. The topological polar surface area (TPSA) is 15.3 Å². The molecule has 1 aliphatic heterocycles. The quantitative estimate of drug-likeness (QED) is 0.889. The van der Waals surface area contributed by atoms with E-state index < -0.39 is 0 Å². The van der Waals surface area contributed by atoms with Crippen LogP contribution in [0.4, 0.5) is 4.39 Å². The van der Waals surface area contributed by atoms with Crippen molar-refractivity contribution in [2.75, 3.05) is 26.2 Å². The molecule has 0 radical (unpaired) electrons. The number of nitrogens with zero attached hydrogens (tertiary/aromatic N) is 1. The molecule has 2 unspecified atom stereocenters. The van der Waals surface area contributed by atoms with E-state index in [2.05, 4.69) is 31.0 Å². The Bertz CT molecular complexity index is 402. The van der Waals surface area contributed by atoms with E-state index in [1.165, 1.54) is 5.56 Å². The van der Waals surface area contributed by atoms with E-state index in [1.54, 1.807) is 12.1 Å². The third kappa shape index (κ3) is 4.29. The molecule has 1 N–H and O–H groups in total. The summed E-state index contributed by atoms with van der Waals surface area (Å²) in [5.74, 6) is 1.04. The van der Waals surface area contributed by atoms with E-state index in [-0.39, 0.29) is 5.82 Å². The van der Waals surface area contributed by atoms with Gasteiger partial charge in [0.25, 0.3) is 0 Å². The number of halogens is 1. The zero-order chi connectivity index (χ0) is 14.5. The van der Waals surface area contributed by atoms with Crippen LogP contribution < -0.4 is 5.32 Å². The zero-order valence-electron chi connectivity index (χ0n) is 12.9. The molecule has 0 aliphatic carbocycles. The second-order valence-electron chi connectivity index (χ2n) is 6.34. The molecule has 2 nitrogen and oxygen atoms in total. The lowest BCUT2D eigenvalue weighted by molar-refractivity contribution is 0.176. The molecule has 0 saturated carbocycles. The number of piperidine rings is 1. The lowest BCUT2D eigenvalue weighted by Crippen LogP contribution is -2.49. The van der Waals surface area contributed by atoms with Crippen LogP contribution in [0.15, 0.2) is 24.3 Å². The second-order valence-corrected chi connectivity index (χ2v) is 6.34. The first kappa shape index (κ1) is 15.5. The van der Waals surface area contributed by atoms with Gasteiger partial charge in [-0.1, -0.05) is 32.9 Å². The lowest BCUT2D eigenvalue weighted by atomic mass is 9.88. The van der Waals surface area contributed by atoms with Gasteiger partial charge in [0, 0.05) is 19.1 Å². The molecule has 3 heteroatoms. The highest BCUT2D eigenvalue weighted by atomic mass is 19.1. The van der Waals surface area contributed by atoms with Gasteiger partial charge in [0.2, 0.25) is 0 Å². The Kier molecular flexibility index (Phi) is 5.55. The van der Waals surface area contributed by atoms with Crippen molar-refractivity contribution in [1.82, 2.24) is 10.2 Å². The molecule has 1 aromatic rings. The van der Waals surface area contributed by atoms with Crippen molar-refractivity contribution < 1.29 is 4.39 Å². The molecule has 0 amide bonds. The molecule has 1 saturated heterocycles. The van der Waals surface area contributed by atoms with Gasteiger partial charge < -0.3 is 10.2 Å². The number of benzene rings is 1. The first-order valence-corrected chi connectivity index (χ1v) is 7.79. The van der Waals surface area contributed by atoms with E-state index in [0.717, 1.165) is 32.6 Å². The zero-order valence-corrected chi connectivity index (χ0v) is 12.9. The fourth-order valence-corrected chi connectivity index (χ4v) is 2.98. The highest BCUT2D eigenvalue weighted by molar-refractivity contribution is 5.22. The maximum atomic E-state index is 13.1. The first-order chi connectivity index (χ1) is 9.58. The van der Waals surface area contributed by atoms with Gasteiger partial charge in [-0.05, 0) is 49.0 Å². The van der Waals surface area contributed by atoms with Crippen LogP contribution in [-0.4, -0.2) is 37.1 Å². The summed E-state index contributed by atoms with van der Waals surface area (Å²) in [6.45, 7) is 11.1. The van der Waals surface area contributed by atoms with Gasteiger partial charge in [-0.25, -0.2) is 4.39 Å². The predicted octanol–water partition coefficient (Wildman–Crippen LogP) is 3.25. The van der Waals surface area contributed by atoms with Gasteiger partial charge in [-0.15, -0.1) is 0 Å². The van der Waals surface area contributed by atoms with Crippen molar-refractivity contribution in [3.05, 3.63) is 35.6 Å². The molecule has 2 atom stereocenters. The number of rotatable bonds is 5. The smallest absolute Gasteiger partial charge is 0.123 e. The molecule has 112 valence electrons. The Morgan fingerprint density at radius 2 is 1.95 bits per heavy atom. The minimum atomic E-state index is -0.147. The number of likely N-dealkylation sites (N-methyl/N-ethyl adjacent to an activating group) is 1. The fourth-order valence-electron chi connectivity index (χ4n) is 2.98. The second kappa shape index (κ2) is 7.19. The summed E-state index contributed by atoms with van der Waals surface area (Å²) in [6.07, 6.45) is 1.15. The van der Waals surface area contributed by atoms with Crippen LogP contribution in [-0.2, 0) is 0 Å². The summed E-state index contributed by atoms with van der Waals surface area (Å²) < 4.78 is 13.1. The Hall–Kier alpha value is -0.930. The van der Waals surface area contributed by atoms with Crippen LogP contribution in [0, 0.1) is 11.7 Å². The summed E-state index contributed by atoms with van der Waals surface area (Å²) in [5.41, 5.74) is 1.26. The summed E-state index contributed by atoms with van der Waals surface area (Å²) in [4.78, 5) is 2.50. The molecule has 0 spiro atoms. The third-order valence-corrected chi connectivity index (χ3v) is 4.13. The van der Waals surface area contributed by atoms with Gasteiger partial charge in [0.15, 0.2) is 0 Å². The molecular weight excluding hydrogens is 251 g/mol. The minimum Gasteiger partial charge on any atom is -0.312 e. The van der Waals surface area contributed by atoms with Crippen LogP contribution in [0.3, 0.4) is 0 Å². The molecule has 20 heavy (non-hydrogen) atoms. The van der Waals surface area contributed by atoms with Crippen LogP contribution in [0.1, 0.15) is 38.7 Å². The SMILES string of the molecule is CCN1CC(NCC(C)C)CC(c2ccc(F)cc2)C1.